The van der Waals surface area contributed by atoms with Gasteiger partial charge >= 0.3 is 0 Å². The van der Waals surface area contributed by atoms with Gasteiger partial charge in [-0.2, -0.15) is 0 Å². The first kappa shape index (κ1) is 53.5. The summed E-state index contributed by atoms with van der Waals surface area (Å²) in [6.07, 6.45) is 9.58. The van der Waals surface area contributed by atoms with Crippen LogP contribution < -0.4 is 72.6 Å². The Balaban J connectivity index is 1.03. The molecular formula is C82H74BN3Si2. The van der Waals surface area contributed by atoms with E-state index in [1.807, 2.05) is 0 Å². The van der Waals surface area contributed by atoms with Crippen molar-refractivity contribution in [3.8, 4) is 0 Å². The van der Waals surface area contributed by atoms with Crippen LogP contribution in [0.15, 0.2) is 279 Å². The molecule has 4 aliphatic heterocycles. The van der Waals surface area contributed by atoms with Crippen molar-refractivity contribution in [2.75, 3.05) is 14.7 Å². The minimum absolute atomic E-state index is 0.0323. The Bertz CT molecular complexity index is 4200. The van der Waals surface area contributed by atoms with Crippen molar-refractivity contribution in [3.05, 3.63) is 290 Å². The summed E-state index contributed by atoms with van der Waals surface area (Å²) in [5.74, 6) is 0. The van der Waals surface area contributed by atoms with Crippen molar-refractivity contribution in [3.63, 3.8) is 0 Å². The second-order valence-corrected chi connectivity index (χ2v) is 34.8. The molecule has 0 spiro atoms. The zero-order valence-electron chi connectivity index (χ0n) is 51.1. The molecule has 17 rings (SSSR count). The van der Waals surface area contributed by atoms with Gasteiger partial charge in [0.15, 0.2) is 16.1 Å². The molecule has 0 radical (unpaired) electrons. The molecule has 11 aromatic rings. The van der Waals surface area contributed by atoms with E-state index < -0.39 is 16.1 Å². The van der Waals surface area contributed by atoms with Crippen molar-refractivity contribution in [2.24, 2.45) is 0 Å². The third kappa shape index (κ3) is 7.07. The molecule has 2 saturated carbocycles. The Labute approximate surface area is 523 Å². The number of nitrogens with zero attached hydrogens (tertiary/aromatic N) is 3. The zero-order valence-corrected chi connectivity index (χ0v) is 53.1. The van der Waals surface area contributed by atoms with E-state index in [1.54, 1.807) is 0 Å². The largest absolute Gasteiger partial charge is 0.335 e. The van der Waals surface area contributed by atoms with Gasteiger partial charge in [-0.1, -0.05) is 288 Å². The van der Waals surface area contributed by atoms with Crippen LogP contribution in [0.5, 0.6) is 0 Å². The van der Waals surface area contributed by atoms with E-state index >= 15 is 0 Å². The van der Waals surface area contributed by atoms with Gasteiger partial charge in [-0.15, -0.1) is 0 Å². The Morgan fingerprint density at radius 2 is 0.705 bits per heavy atom. The summed E-state index contributed by atoms with van der Waals surface area (Å²) < 4.78 is 0. The number of anilines is 7. The van der Waals surface area contributed by atoms with Crippen molar-refractivity contribution >= 4 is 121 Å². The molecule has 0 N–H and O–H groups in total. The lowest BCUT2D eigenvalue weighted by molar-refractivity contribution is 0.194. The highest BCUT2D eigenvalue weighted by Gasteiger charge is 2.65. The molecular weight excluding hydrogens is 1090 g/mol. The molecule has 4 atom stereocenters. The zero-order chi connectivity index (χ0) is 59.0. The summed E-state index contributed by atoms with van der Waals surface area (Å²) in [5.41, 5.74) is 16.4. The van der Waals surface area contributed by atoms with Gasteiger partial charge < -0.3 is 14.7 Å². The second-order valence-electron chi connectivity index (χ2n) is 27.2. The average Bonchev–Trinajstić information content (AvgIpc) is 1.47. The third-order valence-electron chi connectivity index (χ3n) is 23.4. The molecule has 4 unspecified atom stereocenters. The molecule has 6 heteroatoms. The summed E-state index contributed by atoms with van der Waals surface area (Å²) in [5, 5.41) is 10.9. The minimum atomic E-state index is -3.19. The van der Waals surface area contributed by atoms with Gasteiger partial charge in [-0.3, -0.25) is 0 Å². The van der Waals surface area contributed by atoms with Crippen LogP contribution in [0, 0.1) is 0 Å². The highest BCUT2D eigenvalue weighted by molar-refractivity contribution is 7.21. The fourth-order valence-corrected chi connectivity index (χ4v) is 28.8. The maximum absolute atomic E-state index is 3.19. The van der Waals surface area contributed by atoms with Gasteiger partial charge in [0, 0.05) is 45.0 Å². The normalized spacial score (nSPS) is 21.8. The van der Waals surface area contributed by atoms with Crippen molar-refractivity contribution < 1.29 is 0 Å². The fourth-order valence-electron chi connectivity index (χ4n) is 19.1. The lowest BCUT2D eigenvalue weighted by atomic mass is 9.33. The van der Waals surface area contributed by atoms with E-state index in [1.165, 1.54) is 142 Å². The van der Waals surface area contributed by atoms with E-state index in [4.69, 9.17) is 0 Å². The number of benzene rings is 11. The summed E-state index contributed by atoms with van der Waals surface area (Å²) >= 11 is 0. The SMILES string of the molecule is CC12CCCCC1(C)N1c3cc(N(c4cccc([Si](c5ccccc5)(c5ccccc5)c5ccccc5)c4)c4ccccc4[Si](c4ccccc4)(c4ccccc4)c4ccccc4)cc4c3B(c3cccc2c31)c1cccc2c1N4C1(C)CCCCC21C. The first-order valence-electron chi connectivity index (χ1n) is 32.5. The van der Waals surface area contributed by atoms with Crippen LogP contribution in [-0.4, -0.2) is 33.9 Å². The van der Waals surface area contributed by atoms with E-state index in [0.29, 0.717) is 0 Å². The second kappa shape index (κ2) is 19.9. The van der Waals surface area contributed by atoms with Gasteiger partial charge in [-0.05, 0) is 139 Å². The number of rotatable bonds is 11. The summed E-state index contributed by atoms with van der Waals surface area (Å²) in [7, 11) is -6.23. The van der Waals surface area contributed by atoms with Crippen LogP contribution in [0.1, 0.15) is 90.2 Å². The number of fused-ring (bicyclic) bond motifs is 10. The molecule has 0 saturated heterocycles. The predicted octanol–water partition coefficient (Wildman–Crippen LogP) is 12.5. The Morgan fingerprint density at radius 3 is 1.14 bits per heavy atom. The van der Waals surface area contributed by atoms with Gasteiger partial charge in [-0.25, -0.2) is 0 Å². The van der Waals surface area contributed by atoms with Crippen LogP contribution in [0.2, 0.25) is 0 Å². The van der Waals surface area contributed by atoms with Crippen LogP contribution in [0.25, 0.3) is 0 Å². The first-order chi connectivity index (χ1) is 43.2. The maximum Gasteiger partial charge on any atom is 0.252 e. The summed E-state index contributed by atoms with van der Waals surface area (Å²) in [4.78, 5) is 8.68. The van der Waals surface area contributed by atoms with Gasteiger partial charge in [0.25, 0.3) is 6.71 Å². The molecule has 2 fully saturated rings. The molecule has 6 aliphatic rings. The van der Waals surface area contributed by atoms with Gasteiger partial charge in [0.05, 0.1) is 16.8 Å². The molecule has 2 aliphatic carbocycles. The smallest absolute Gasteiger partial charge is 0.252 e. The summed E-state index contributed by atoms with van der Waals surface area (Å²) in [6, 6.07) is 109. The molecule has 0 aromatic heterocycles. The van der Waals surface area contributed by atoms with Crippen LogP contribution in [0.3, 0.4) is 0 Å². The van der Waals surface area contributed by atoms with Crippen molar-refractivity contribution in [2.45, 2.75) is 101 Å². The van der Waals surface area contributed by atoms with Crippen molar-refractivity contribution in [1.29, 1.82) is 0 Å². The molecule has 0 amide bonds. The lowest BCUT2D eigenvalue weighted by Gasteiger charge is -2.55. The van der Waals surface area contributed by atoms with Crippen LogP contribution >= 0.6 is 0 Å². The van der Waals surface area contributed by atoms with E-state index in [2.05, 4.69) is 321 Å². The predicted molar refractivity (Wildman–Crippen MR) is 379 cm³/mol. The average molecular weight is 1170 g/mol. The van der Waals surface area contributed by atoms with E-state index in [9.17, 15) is 0 Å². The minimum Gasteiger partial charge on any atom is -0.335 e. The first-order valence-corrected chi connectivity index (χ1v) is 36.5. The molecule has 0 bridgehead atoms. The Morgan fingerprint density at radius 1 is 0.341 bits per heavy atom. The number of para-hydroxylation sites is 3. The van der Waals surface area contributed by atoms with Crippen LogP contribution in [0.4, 0.5) is 39.8 Å². The van der Waals surface area contributed by atoms with Gasteiger partial charge in [0.1, 0.15) is 0 Å². The highest BCUT2D eigenvalue weighted by atomic mass is 28.3. The van der Waals surface area contributed by atoms with E-state index in [0.717, 1.165) is 18.5 Å². The maximum atomic E-state index is 2.96. The molecule has 3 nitrogen and oxygen atoms in total. The quantitative estimate of drug-likeness (QED) is 0.0944. The number of hydrogen-bond acceptors (Lipinski definition) is 3. The van der Waals surface area contributed by atoms with Crippen molar-refractivity contribution in [1.82, 2.24) is 0 Å². The molecule has 428 valence electrons. The third-order valence-corrected chi connectivity index (χ3v) is 33.0. The standard InChI is InChI=1S/C82H74BN3Si2/c1-79-52-25-27-54-81(79,3)85-73-57-60(58-74-76(73)83(70-48-30-46-68(79)77(70)85)71-49-31-47-69-78(71)86(74)82(4)55-28-26-53-80(69,82)2)84(59-32-29-45-67(56-59)87(61-33-11-5-12-34-61,62-35-13-6-14-36-62)63-37-15-7-16-38-63)72-50-23-24-51-75(72)88(64-39-17-8-18-40-64,65-41-19-9-20-42-65)66-43-21-10-22-44-66/h5-24,29-51,56-58H,25-28,52-55H2,1-4H3. The topological polar surface area (TPSA) is 9.72 Å². The Hall–Kier alpha value is -8.68. The monoisotopic (exact) mass is 1170 g/mol. The van der Waals surface area contributed by atoms with Gasteiger partial charge in [0.2, 0.25) is 0 Å². The molecule has 11 aromatic carbocycles. The lowest BCUT2D eigenvalue weighted by Crippen LogP contribution is -2.75. The molecule has 4 heterocycles. The Kier molecular flexibility index (Phi) is 12.1. The molecule has 88 heavy (non-hydrogen) atoms. The number of hydrogen-bond donors (Lipinski definition) is 0. The summed E-state index contributed by atoms with van der Waals surface area (Å²) in [6.45, 7) is 10.6. The van der Waals surface area contributed by atoms with E-state index in [-0.39, 0.29) is 28.6 Å². The highest BCUT2D eigenvalue weighted by Crippen LogP contribution is 2.65. The van der Waals surface area contributed by atoms with Crippen LogP contribution in [-0.2, 0) is 10.8 Å². The fraction of sp³-hybridized carbons (Fsp3) is 0.195.